The number of allylic oxidation sites excluding steroid dienone is 1. The Morgan fingerprint density at radius 3 is 2.61 bits per heavy atom. The van der Waals surface area contributed by atoms with Gasteiger partial charge in [-0.3, -0.25) is 9.78 Å². The van der Waals surface area contributed by atoms with Crippen molar-refractivity contribution in [3.8, 4) is 0 Å². The van der Waals surface area contributed by atoms with Crippen molar-refractivity contribution in [2.24, 2.45) is 5.73 Å². The van der Waals surface area contributed by atoms with Crippen molar-refractivity contribution in [2.45, 2.75) is 6.54 Å². The number of hydrogen-bond acceptors (Lipinski definition) is 3. The van der Waals surface area contributed by atoms with Gasteiger partial charge in [0, 0.05) is 24.5 Å². The van der Waals surface area contributed by atoms with E-state index >= 15 is 0 Å². The van der Waals surface area contributed by atoms with E-state index in [9.17, 15) is 4.79 Å². The number of carbonyl (C=O) groups excluding carboxylic acids is 1. The number of pyridine rings is 1. The fourth-order valence-corrected chi connectivity index (χ4v) is 1.55. The normalized spacial score (nSPS) is 10.7. The first-order chi connectivity index (χ1) is 8.79. The van der Waals surface area contributed by atoms with Gasteiger partial charge in [-0.1, -0.05) is 30.3 Å². The lowest BCUT2D eigenvalue weighted by Crippen LogP contribution is -1.98. The predicted octanol–water partition coefficient (Wildman–Crippen LogP) is 2.44. The Hall–Kier alpha value is -2.26. The van der Waals surface area contributed by atoms with Gasteiger partial charge in [0.25, 0.3) is 0 Å². The first-order valence-electron chi connectivity index (χ1n) is 5.71. The standard InChI is InChI=1S/C15H14N2O/c16-10-12-3-6-14(7-4-12)15(18)8-5-13-2-1-9-17-11-13/h1-9,11H,10,16H2. The fraction of sp³-hybridized carbons (Fsp3) is 0.0667. The van der Waals surface area contributed by atoms with E-state index in [1.54, 1.807) is 36.7 Å². The molecule has 0 spiro atoms. The average Bonchev–Trinajstić information content (AvgIpc) is 2.46. The Morgan fingerprint density at radius 1 is 1.22 bits per heavy atom. The molecule has 0 aliphatic rings. The number of ketones is 1. The van der Waals surface area contributed by atoms with Crippen molar-refractivity contribution in [1.82, 2.24) is 4.98 Å². The highest BCUT2D eigenvalue weighted by Crippen LogP contribution is 2.07. The molecular weight excluding hydrogens is 224 g/mol. The van der Waals surface area contributed by atoms with Crippen LogP contribution in [0.3, 0.4) is 0 Å². The molecular formula is C15H14N2O. The summed E-state index contributed by atoms with van der Waals surface area (Å²) in [6.45, 7) is 0.486. The molecule has 0 bridgehead atoms. The first-order valence-corrected chi connectivity index (χ1v) is 5.71. The molecule has 1 heterocycles. The molecule has 1 aromatic heterocycles. The number of nitrogens with zero attached hydrogens (tertiary/aromatic N) is 1. The number of benzene rings is 1. The minimum absolute atomic E-state index is 0.0255. The zero-order chi connectivity index (χ0) is 12.8. The van der Waals surface area contributed by atoms with E-state index < -0.39 is 0 Å². The molecule has 2 aromatic rings. The molecule has 0 aliphatic heterocycles. The minimum Gasteiger partial charge on any atom is -0.326 e. The van der Waals surface area contributed by atoms with E-state index in [2.05, 4.69) is 4.98 Å². The summed E-state index contributed by atoms with van der Waals surface area (Å²) < 4.78 is 0. The highest BCUT2D eigenvalue weighted by Gasteiger charge is 2.00. The van der Waals surface area contributed by atoms with Gasteiger partial charge in [-0.15, -0.1) is 0 Å². The maximum atomic E-state index is 11.9. The lowest BCUT2D eigenvalue weighted by molar-refractivity contribution is 0.104. The van der Waals surface area contributed by atoms with Crippen molar-refractivity contribution in [3.05, 3.63) is 71.6 Å². The molecule has 3 nitrogen and oxygen atoms in total. The summed E-state index contributed by atoms with van der Waals surface area (Å²) in [5.41, 5.74) is 8.09. The van der Waals surface area contributed by atoms with Crippen LogP contribution in [0.2, 0.25) is 0 Å². The smallest absolute Gasteiger partial charge is 0.185 e. The third kappa shape index (κ3) is 3.12. The highest BCUT2D eigenvalue weighted by atomic mass is 16.1. The molecule has 0 fully saturated rings. The zero-order valence-electron chi connectivity index (χ0n) is 9.91. The van der Waals surface area contributed by atoms with Gasteiger partial charge in [-0.2, -0.15) is 0 Å². The Kier molecular flexibility index (Phi) is 3.99. The van der Waals surface area contributed by atoms with Gasteiger partial charge in [0.2, 0.25) is 0 Å². The Bertz CT molecular complexity index is 544. The molecule has 3 heteroatoms. The van der Waals surface area contributed by atoms with Crippen LogP contribution in [-0.2, 0) is 6.54 Å². The number of carbonyl (C=O) groups is 1. The second-order valence-corrected chi connectivity index (χ2v) is 3.88. The molecule has 0 radical (unpaired) electrons. The van der Waals surface area contributed by atoms with E-state index in [-0.39, 0.29) is 5.78 Å². The van der Waals surface area contributed by atoms with Gasteiger partial charge in [-0.05, 0) is 29.3 Å². The lowest BCUT2D eigenvalue weighted by atomic mass is 10.1. The fourth-order valence-electron chi connectivity index (χ4n) is 1.55. The molecule has 0 atom stereocenters. The molecule has 1 aromatic carbocycles. The maximum Gasteiger partial charge on any atom is 0.185 e. The molecule has 0 aliphatic carbocycles. The van der Waals surface area contributed by atoms with Crippen molar-refractivity contribution >= 4 is 11.9 Å². The predicted molar refractivity (Wildman–Crippen MR) is 71.9 cm³/mol. The molecule has 18 heavy (non-hydrogen) atoms. The molecule has 90 valence electrons. The van der Waals surface area contributed by atoms with Crippen LogP contribution in [0.1, 0.15) is 21.5 Å². The summed E-state index contributed by atoms with van der Waals surface area (Å²) in [6.07, 6.45) is 6.71. The van der Waals surface area contributed by atoms with Crippen molar-refractivity contribution in [1.29, 1.82) is 0 Å². The third-order valence-corrected chi connectivity index (χ3v) is 2.59. The van der Waals surface area contributed by atoms with Crippen LogP contribution in [0.15, 0.2) is 54.9 Å². The second-order valence-electron chi connectivity index (χ2n) is 3.88. The summed E-state index contributed by atoms with van der Waals surface area (Å²) in [7, 11) is 0. The second kappa shape index (κ2) is 5.89. The van der Waals surface area contributed by atoms with Crippen LogP contribution in [0, 0.1) is 0 Å². The van der Waals surface area contributed by atoms with Gasteiger partial charge >= 0.3 is 0 Å². The van der Waals surface area contributed by atoms with Gasteiger partial charge in [0.1, 0.15) is 0 Å². The van der Waals surface area contributed by atoms with Gasteiger partial charge < -0.3 is 5.73 Å². The van der Waals surface area contributed by atoms with Crippen molar-refractivity contribution < 1.29 is 4.79 Å². The zero-order valence-corrected chi connectivity index (χ0v) is 9.91. The molecule has 2 N–H and O–H groups in total. The average molecular weight is 238 g/mol. The minimum atomic E-state index is -0.0255. The summed E-state index contributed by atoms with van der Waals surface area (Å²) in [6, 6.07) is 11.0. The summed E-state index contributed by atoms with van der Waals surface area (Å²) in [5.74, 6) is -0.0255. The van der Waals surface area contributed by atoms with Gasteiger partial charge in [0.15, 0.2) is 5.78 Å². The number of hydrogen-bond donors (Lipinski definition) is 1. The van der Waals surface area contributed by atoms with Crippen LogP contribution in [0.25, 0.3) is 6.08 Å². The Labute approximate surface area is 106 Å². The Morgan fingerprint density at radius 2 is 2.00 bits per heavy atom. The van der Waals surface area contributed by atoms with Crippen LogP contribution in [0.5, 0.6) is 0 Å². The molecule has 0 saturated carbocycles. The lowest BCUT2D eigenvalue weighted by Gasteiger charge is -1.98. The monoisotopic (exact) mass is 238 g/mol. The largest absolute Gasteiger partial charge is 0.326 e. The van der Waals surface area contributed by atoms with Crippen LogP contribution in [-0.4, -0.2) is 10.8 Å². The SMILES string of the molecule is NCc1ccc(C(=O)C=Cc2cccnc2)cc1. The third-order valence-electron chi connectivity index (χ3n) is 2.59. The van der Waals surface area contributed by atoms with Crippen LogP contribution >= 0.6 is 0 Å². The Balaban J connectivity index is 2.09. The molecule has 0 saturated heterocycles. The number of nitrogens with two attached hydrogens (primary N) is 1. The molecule has 0 unspecified atom stereocenters. The quantitative estimate of drug-likeness (QED) is 0.657. The van der Waals surface area contributed by atoms with Gasteiger partial charge in [-0.25, -0.2) is 0 Å². The summed E-state index contributed by atoms with van der Waals surface area (Å²) in [5, 5.41) is 0. The topological polar surface area (TPSA) is 56.0 Å². The summed E-state index contributed by atoms with van der Waals surface area (Å²) in [4.78, 5) is 15.9. The van der Waals surface area contributed by atoms with E-state index in [0.717, 1.165) is 11.1 Å². The summed E-state index contributed by atoms with van der Waals surface area (Å²) >= 11 is 0. The molecule has 0 amide bonds. The van der Waals surface area contributed by atoms with Crippen molar-refractivity contribution in [2.75, 3.05) is 0 Å². The maximum absolute atomic E-state index is 11.9. The van der Waals surface area contributed by atoms with Crippen molar-refractivity contribution in [3.63, 3.8) is 0 Å². The van der Waals surface area contributed by atoms with Crippen LogP contribution < -0.4 is 5.73 Å². The van der Waals surface area contributed by atoms with E-state index in [1.807, 2.05) is 24.3 Å². The van der Waals surface area contributed by atoms with E-state index in [0.29, 0.717) is 12.1 Å². The number of rotatable bonds is 4. The number of aromatic nitrogens is 1. The first kappa shape index (κ1) is 12.2. The van der Waals surface area contributed by atoms with E-state index in [1.165, 1.54) is 0 Å². The van der Waals surface area contributed by atoms with Crippen LogP contribution in [0.4, 0.5) is 0 Å². The highest BCUT2D eigenvalue weighted by molar-refractivity contribution is 6.06. The molecule has 2 rings (SSSR count). The van der Waals surface area contributed by atoms with E-state index in [4.69, 9.17) is 5.73 Å². The van der Waals surface area contributed by atoms with Gasteiger partial charge in [0.05, 0.1) is 0 Å².